The lowest BCUT2D eigenvalue weighted by Crippen LogP contribution is -2.24. The standard InChI is InChI=1S/C11H11Br2N3O2S2/c1-6-10(19-5-15-6)4-16-20(17,18)11-8(12)2-7(14)3-9(11)13/h2-3,5,16H,4,14H2,1H3. The molecule has 1 aromatic heterocycles. The number of nitrogens with zero attached hydrogens (tertiary/aromatic N) is 1. The second kappa shape index (κ2) is 6.10. The lowest BCUT2D eigenvalue weighted by molar-refractivity contribution is 0.580. The molecular weight excluding hydrogens is 430 g/mol. The molecule has 0 amide bonds. The molecule has 108 valence electrons. The van der Waals surface area contributed by atoms with E-state index in [2.05, 4.69) is 41.6 Å². The van der Waals surface area contributed by atoms with E-state index in [4.69, 9.17) is 5.73 Å². The number of nitrogen functional groups attached to an aromatic ring is 1. The van der Waals surface area contributed by atoms with Crippen LogP contribution in [0.4, 0.5) is 5.69 Å². The van der Waals surface area contributed by atoms with E-state index in [9.17, 15) is 8.42 Å². The molecule has 9 heteroatoms. The van der Waals surface area contributed by atoms with Crippen LogP contribution in [0.15, 0.2) is 31.5 Å². The molecule has 0 unspecified atom stereocenters. The Labute approximate surface area is 137 Å². The number of hydrogen-bond acceptors (Lipinski definition) is 5. The predicted octanol–water partition coefficient (Wildman–Crippen LogP) is 3.04. The van der Waals surface area contributed by atoms with Crippen molar-refractivity contribution in [2.75, 3.05) is 5.73 Å². The number of nitrogens with one attached hydrogen (secondary N) is 1. The van der Waals surface area contributed by atoms with Crippen LogP contribution in [0.25, 0.3) is 0 Å². The summed E-state index contributed by atoms with van der Waals surface area (Å²) in [7, 11) is -3.65. The van der Waals surface area contributed by atoms with Gasteiger partial charge in [-0.05, 0) is 50.9 Å². The number of aromatic nitrogens is 1. The third-order valence-corrected chi connectivity index (χ3v) is 6.77. The molecule has 0 saturated heterocycles. The van der Waals surface area contributed by atoms with Gasteiger partial charge in [0.25, 0.3) is 0 Å². The van der Waals surface area contributed by atoms with Gasteiger partial charge in [0.2, 0.25) is 10.0 Å². The van der Waals surface area contributed by atoms with Gasteiger partial charge in [0, 0.05) is 26.1 Å². The summed E-state index contributed by atoms with van der Waals surface area (Å²) in [5.74, 6) is 0. The molecule has 2 rings (SSSR count). The van der Waals surface area contributed by atoms with E-state index in [-0.39, 0.29) is 11.4 Å². The molecule has 1 heterocycles. The van der Waals surface area contributed by atoms with Crippen LogP contribution < -0.4 is 10.5 Å². The van der Waals surface area contributed by atoms with Crippen LogP contribution in [0.1, 0.15) is 10.6 Å². The summed E-state index contributed by atoms with van der Waals surface area (Å²) in [4.78, 5) is 5.10. The van der Waals surface area contributed by atoms with E-state index in [1.54, 1.807) is 17.6 Å². The van der Waals surface area contributed by atoms with Gasteiger partial charge in [-0.1, -0.05) is 0 Å². The first-order chi connectivity index (χ1) is 9.31. The van der Waals surface area contributed by atoms with Crippen molar-refractivity contribution in [2.45, 2.75) is 18.4 Å². The molecular formula is C11H11Br2N3O2S2. The fourth-order valence-corrected chi connectivity index (χ4v) is 5.98. The summed E-state index contributed by atoms with van der Waals surface area (Å²) in [6, 6.07) is 3.11. The number of halogens is 2. The van der Waals surface area contributed by atoms with Gasteiger partial charge in [0.05, 0.1) is 11.2 Å². The number of anilines is 1. The number of rotatable bonds is 4. The van der Waals surface area contributed by atoms with E-state index in [0.717, 1.165) is 10.6 Å². The molecule has 0 aliphatic heterocycles. The third kappa shape index (κ3) is 3.40. The van der Waals surface area contributed by atoms with Gasteiger partial charge in [-0.3, -0.25) is 0 Å². The van der Waals surface area contributed by atoms with Crippen molar-refractivity contribution in [3.05, 3.63) is 37.2 Å². The van der Waals surface area contributed by atoms with E-state index in [1.165, 1.54) is 11.3 Å². The summed E-state index contributed by atoms with van der Waals surface area (Å²) in [5, 5.41) is 0. The minimum atomic E-state index is -3.65. The van der Waals surface area contributed by atoms with Crippen molar-refractivity contribution in [2.24, 2.45) is 0 Å². The molecule has 0 aliphatic rings. The van der Waals surface area contributed by atoms with Gasteiger partial charge in [-0.15, -0.1) is 11.3 Å². The number of thiazole rings is 1. The molecule has 3 N–H and O–H groups in total. The number of aryl methyl sites for hydroxylation is 1. The second-order valence-corrected chi connectivity index (χ2v) is 8.35. The van der Waals surface area contributed by atoms with Gasteiger partial charge in [0.15, 0.2) is 0 Å². The first kappa shape index (κ1) is 15.9. The Morgan fingerprint density at radius 1 is 1.35 bits per heavy atom. The molecule has 0 atom stereocenters. The molecule has 0 bridgehead atoms. The van der Waals surface area contributed by atoms with Crippen LogP contribution in [0.2, 0.25) is 0 Å². The Morgan fingerprint density at radius 3 is 2.45 bits per heavy atom. The lowest BCUT2D eigenvalue weighted by Gasteiger charge is -2.11. The monoisotopic (exact) mass is 439 g/mol. The van der Waals surface area contributed by atoms with Crippen LogP contribution in [0.5, 0.6) is 0 Å². The van der Waals surface area contributed by atoms with E-state index in [1.807, 2.05) is 6.92 Å². The van der Waals surface area contributed by atoms with Crippen LogP contribution >= 0.6 is 43.2 Å². The average molecular weight is 441 g/mol. The highest BCUT2D eigenvalue weighted by molar-refractivity contribution is 9.11. The Morgan fingerprint density at radius 2 is 1.95 bits per heavy atom. The lowest BCUT2D eigenvalue weighted by atomic mass is 10.3. The van der Waals surface area contributed by atoms with Crippen molar-refractivity contribution in [1.82, 2.24) is 9.71 Å². The number of benzene rings is 1. The maximum atomic E-state index is 12.4. The fraction of sp³-hybridized carbons (Fsp3) is 0.182. The van der Waals surface area contributed by atoms with Gasteiger partial charge in [-0.25, -0.2) is 18.1 Å². The minimum absolute atomic E-state index is 0.133. The SMILES string of the molecule is Cc1ncsc1CNS(=O)(=O)c1c(Br)cc(N)cc1Br. The van der Waals surface area contributed by atoms with Crippen LogP contribution in [0, 0.1) is 6.92 Å². The van der Waals surface area contributed by atoms with E-state index < -0.39 is 10.0 Å². The quantitative estimate of drug-likeness (QED) is 0.715. The summed E-state index contributed by atoms with van der Waals surface area (Å²) in [5.41, 5.74) is 8.65. The largest absolute Gasteiger partial charge is 0.399 e. The Hall–Kier alpha value is -0.480. The summed E-state index contributed by atoms with van der Waals surface area (Å²) >= 11 is 7.87. The number of nitrogens with two attached hydrogens (primary N) is 1. The maximum absolute atomic E-state index is 12.4. The fourth-order valence-electron chi connectivity index (χ4n) is 1.56. The van der Waals surface area contributed by atoms with Crippen LogP contribution in [0.3, 0.4) is 0 Å². The predicted molar refractivity (Wildman–Crippen MR) is 87.1 cm³/mol. The number of sulfonamides is 1. The second-order valence-electron chi connectivity index (χ2n) is 4.00. The Balaban J connectivity index is 2.30. The van der Waals surface area contributed by atoms with Crippen molar-refractivity contribution >= 4 is 58.9 Å². The van der Waals surface area contributed by atoms with Crippen molar-refractivity contribution in [1.29, 1.82) is 0 Å². The molecule has 0 fully saturated rings. The zero-order valence-corrected chi connectivity index (χ0v) is 15.2. The van der Waals surface area contributed by atoms with Gasteiger partial charge in [0.1, 0.15) is 4.90 Å². The highest BCUT2D eigenvalue weighted by Crippen LogP contribution is 2.32. The van der Waals surface area contributed by atoms with Crippen molar-refractivity contribution in [3.63, 3.8) is 0 Å². The zero-order chi connectivity index (χ0) is 14.9. The molecule has 2 aromatic rings. The molecule has 0 radical (unpaired) electrons. The van der Waals surface area contributed by atoms with Crippen molar-refractivity contribution < 1.29 is 8.42 Å². The molecule has 20 heavy (non-hydrogen) atoms. The normalized spacial score (nSPS) is 11.8. The Kier molecular flexibility index (Phi) is 4.85. The van der Waals surface area contributed by atoms with Crippen LogP contribution in [-0.4, -0.2) is 13.4 Å². The van der Waals surface area contributed by atoms with Crippen molar-refractivity contribution in [3.8, 4) is 0 Å². The molecule has 1 aromatic carbocycles. The van der Waals surface area contributed by atoms with Gasteiger partial charge in [-0.2, -0.15) is 0 Å². The summed E-state index contributed by atoms with van der Waals surface area (Å²) in [6.07, 6.45) is 0. The smallest absolute Gasteiger partial charge is 0.243 e. The topological polar surface area (TPSA) is 85.1 Å². The molecule has 0 spiro atoms. The first-order valence-corrected chi connectivity index (χ1v) is 9.39. The molecule has 0 aliphatic carbocycles. The first-order valence-electron chi connectivity index (χ1n) is 5.44. The van der Waals surface area contributed by atoms with Gasteiger partial charge < -0.3 is 5.73 Å². The zero-order valence-electron chi connectivity index (χ0n) is 10.4. The number of hydrogen-bond donors (Lipinski definition) is 2. The van der Waals surface area contributed by atoms with Gasteiger partial charge >= 0.3 is 0 Å². The minimum Gasteiger partial charge on any atom is -0.399 e. The molecule has 5 nitrogen and oxygen atoms in total. The molecule has 0 saturated carbocycles. The highest BCUT2D eigenvalue weighted by Gasteiger charge is 2.22. The van der Waals surface area contributed by atoms with E-state index in [0.29, 0.717) is 14.6 Å². The average Bonchev–Trinajstić information content (AvgIpc) is 2.70. The van der Waals surface area contributed by atoms with Crippen LogP contribution in [-0.2, 0) is 16.6 Å². The maximum Gasteiger partial charge on any atom is 0.243 e. The Bertz CT molecular complexity index is 721. The highest BCUT2D eigenvalue weighted by atomic mass is 79.9. The van der Waals surface area contributed by atoms with E-state index >= 15 is 0 Å². The third-order valence-electron chi connectivity index (χ3n) is 2.56. The summed E-state index contributed by atoms with van der Waals surface area (Å²) in [6.45, 7) is 2.05. The summed E-state index contributed by atoms with van der Waals surface area (Å²) < 4.78 is 28.1.